The molecular formula is C12H16O4. The maximum atomic E-state index is 11.2. The summed E-state index contributed by atoms with van der Waals surface area (Å²) < 4.78 is 15.3. The molecule has 4 nitrogen and oxygen atoms in total. The van der Waals surface area contributed by atoms with Crippen LogP contribution in [0, 0.1) is 0 Å². The Morgan fingerprint density at radius 3 is 2.56 bits per heavy atom. The minimum atomic E-state index is -0.368. The van der Waals surface area contributed by atoms with Crippen molar-refractivity contribution in [1.82, 2.24) is 0 Å². The van der Waals surface area contributed by atoms with Gasteiger partial charge in [-0.3, -0.25) is 0 Å². The average molecular weight is 224 g/mol. The van der Waals surface area contributed by atoms with E-state index in [2.05, 4.69) is 0 Å². The molecule has 0 aliphatic heterocycles. The molecule has 88 valence electrons. The Bertz CT molecular complexity index is 336. The Morgan fingerprint density at radius 1 is 1.25 bits per heavy atom. The Hall–Kier alpha value is -1.71. The highest BCUT2D eigenvalue weighted by molar-refractivity contribution is 5.71. The van der Waals surface area contributed by atoms with Crippen LogP contribution in [0.3, 0.4) is 0 Å². The quantitative estimate of drug-likeness (QED) is 0.693. The lowest BCUT2D eigenvalue weighted by Crippen LogP contribution is -2.15. The largest absolute Gasteiger partial charge is 0.493 e. The second-order valence-electron chi connectivity index (χ2n) is 3.16. The molecule has 1 aromatic rings. The van der Waals surface area contributed by atoms with E-state index in [9.17, 15) is 4.79 Å². The third-order valence-electron chi connectivity index (χ3n) is 1.88. The third kappa shape index (κ3) is 3.81. The molecule has 0 amide bonds. The lowest BCUT2D eigenvalue weighted by Gasteiger charge is -2.09. The van der Waals surface area contributed by atoms with Gasteiger partial charge < -0.3 is 14.2 Å². The normalized spacial score (nSPS) is 9.62. The summed E-state index contributed by atoms with van der Waals surface area (Å²) in [5.74, 6) is 0.775. The van der Waals surface area contributed by atoms with Crippen molar-refractivity contribution >= 4 is 5.97 Å². The van der Waals surface area contributed by atoms with Crippen LogP contribution in [0.1, 0.15) is 13.3 Å². The maximum absolute atomic E-state index is 11.2. The molecule has 0 heterocycles. The maximum Gasteiger partial charge on any atom is 0.344 e. The van der Waals surface area contributed by atoms with Crippen LogP contribution in [-0.2, 0) is 9.53 Å². The molecule has 4 heteroatoms. The number of ether oxygens (including phenoxy) is 3. The van der Waals surface area contributed by atoms with E-state index in [4.69, 9.17) is 14.2 Å². The molecule has 0 spiro atoms. The first kappa shape index (κ1) is 12.4. The van der Waals surface area contributed by atoms with Gasteiger partial charge >= 0.3 is 5.97 Å². The van der Waals surface area contributed by atoms with Crippen molar-refractivity contribution in [2.45, 2.75) is 13.3 Å². The molecular weight excluding hydrogens is 208 g/mol. The van der Waals surface area contributed by atoms with Crippen LogP contribution in [0.25, 0.3) is 0 Å². The summed E-state index contributed by atoms with van der Waals surface area (Å²) in [7, 11) is 1.55. The van der Waals surface area contributed by atoms with Crippen LogP contribution >= 0.6 is 0 Å². The lowest BCUT2D eigenvalue weighted by atomic mass is 10.3. The summed E-state index contributed by atoms with van der Waals surface area (Å²) in [6.45, 7) is 2.27. The van der Waals surface area contributed by atoms with Crippen molar-refractivity contribution in [1.29, 1.82) is 0 Å². The van der Waals surface area contributed by atoms with Gasteiger partial charge in [0.05, 0.1) is 13.7 Å². The Morgan fingerprint density at radius 2 is 1.94 bits per heavy atom. The van der Waals surface area contributed by atoms with Crippen molar-refractivity contribution in [3.8, 4) is 11.5 Å². The number of para-hydroxylation sites is 2. The summed E-state index contributed by atoms with van der Waals surface area (Å²) in [5.41, 5.74) is 0. The number of rotatable bonds is 6. The van der Waals surface area contributed by atoms with Gasteiger partial charge in [0.1, 0.15) is 0 Å². The molecule has 1 rings (SSSR count). The lowest BCUT2D eigenvalue weighted by molar-refractivity contribution is -0.146. The molecule has 0 saturated heterocycles. The van der Waals surface area contributed by atoms with Crippen LogP contribution in [0.4, 0.5) is 0 Å². The molecule has 0 unspecified atom stereocenters. The van der Waals surface area contributed by atoms with E-state index in [0.29, 0.717) is 18.1 Å². The van der Waals surface area contributed by atoms with Gasteiger partial charge in [-0.25, -0.2) is 4.79 Å². The Balaban J connectivity index is 2.44. The summed E-state index contributed by atoms with van der Waals surface area (Å²) in [5, 5.41) is 0. The van der Waals surface area contributed by atoms with E-state index in [1.807, 2.05) is 19.1 Å². The van der Waals surface area contributed by atoms with Crippen molar-refractivity contribution in [3.05, 3.63) is 24.3 Å². The molecule has 16 heavy (non-hydrogen) atoms. The van der Waals surface area contributed by atoms with Gasteiger partial charge in [0.15, 0.2) is 18.1 Å². The Labute approximate surface area is 95.1 Å². The summed E-state index contributed by atoms with van der Waals surface area (Å²) in [6, 6.07) is 7.16. The van der Waals surface area contributed by atoms with E-state index in [-0.39, 0.29) is 12.6 Å². The molecule has 0 fully saturated rings. The van der Waals surface area contributed by atoms with Crippen molar-refractivity contribution in [2.24, 2.45) is 0 Å². The number of hydrogen-bond donors (Lipinski definition) is 0. The fraction of sp³-hybridized carbons (Fsp3) is 0.417. The zero-order valence-electron chi connectivity index (χ0n) is 9.56. The van der Waals surface area contributed by atoms with Crippen LogP contribution < -0.4 is 9.47 Å². The highest BCUT2D eigenvalue weighted by Crippen LogP contribution is 2.25. The van der Waals surface area contributed by atoms with Crippen molar-refractivity contribution in [3.63, 3.8) is 0 Å². The monoisotopic (exact) mass is 224 g/mol. The predicted molar refractivity (Wildman–Crippen MR) is 59.7 cm³/mol. The molecule has 1 aromatic carbocycles. The van der Waals surface area contributed by atoms with Gasteiger partial charge in [0, 0.05) is 0 Å². The van der Waals surface area contributed by atoms with Gasteiger partial charge in [0.2, 0.25) is 0 Å². The highest BCUT2D eigenvalue weighted by Gasteiger charge is 2.06. The topological polar surface area (TPSA) is 44.8 Å². The zero-order valence-corrected chi connectivity index (χ0v) is 9.56. The van der Waals surface area contributed by atoms with Gasteiger partial charge in [0.25, 0.3) is 0 Å². The first-order chi connectivity index (χ1) is 7.77. The predicted octanol–water partition coefficient (Wildman–Crippen LogP) is 2.03. The Kier molecular flexibility index (Phi) is 5.19. The van der Waals surface area contributed by atoms with Gasteiger partial charge in [-0.1, -0.05) is 19.1 Å². The SMILES string of the molecule is CCCOC(=O)COc1ccccc1OC. The fourth-order valence-electron chi connectivity index (χ4n) is 1.13. The molecule has 0 atom stereocenters. The average Bonchev–Trinajstić information content (AvgIpc) is 2.34. The van der Waals surface area contributed by atoms with Crippen LogP contribution in [0.15, 0.2) is 24.3 Å². The third-order valence-corrected chi connectivity index (χ3v) is 1.88. The van der Waals surface area contributed by atoms with E-state index >= 15 is 0 Å². The number of esters is 1. The number of carbonyl (C=O) groups excluding carboxylic acids is 1. The summed E-state index contributed by atoms with van der Waals surface area (Å²) in [6.07, 6.45) is 0.806. The fourth-order valence-corrected chi connectivity index (χ4v) is 1.13. The zero-order chi connectivity index (χ0) is 11.8. The van der Waals surface area contributed by atoms with Gasteiger partial charge in [-0.15, -0.1) is 0 Å². The van der Waals surface area contributed by atoms with E-state index < -0.39 is 0 Å². The van der Waals surface area contributed by atoms with Crippen molar-refractivity contribution in [2.75, 3.05) is 20.3 Å². The first-order valence-electron chi connectivity index (χ1n) is 5.19. The van der Waals surface area contributed by atoms with Crippen LogP contribution in [0.5, 0.6) is 11.5 Å². The molecule has 0 aliphatic rings. The number of benzene rings is 1. The number of methoxy groups -OCH3 is 1. The number of hydrogen-bond acceptors (Lipinski definition) is 4. The smallest absolute Gasteiger partial charge is 0.344 e. The minimum Gasteiger partial charge on any atom is -0.493 e. The molecule has 0 saturated carbocycles. The van der Waals surface area contributed by atoms with Crippen LogP contribution in [-0.4, -0.2) is 26.3 Å². The van der Waals surface area contributed by atoms with E-state index in [0.717, 1.165) is 6.42 Å². The molecule has 0 aliphatic carbocycles. The highest BCUT2D eigenvalue weighted by atomic mass is 16.6. The van der Waals surface area contributed by atoms with Crippen molar-refractivity contribution < 1.29 is 19.0 Å². The van der Waals surface area contributed by atoms with Crippen LogP contribution in [0.2, 0.25) is 0 Å². The molecule has 0 N–H and O–H groups in total. The summed E-state index contributed by atoms with van der Waals surface area (Å²) >= 11 is 0. The first-order valence-corrected chi connectivity index (χ1v) is 5.19. The second-order valence-corrected chi connectivity index (χ2v) is 3.16. The second kappa shape index (κ2) is 6.71. The van der Waals surface area contributed by atoms with E-state index in [1.165, 1.54) is 0 Å². The minimum absolute atomic E-state index is 0.0969. The molecule has 0 bridgehead atoms. The summed E-state index contributed by atoms with van der Waals surface area (Å²) in [4.78, 5) is 11.2. The number of carbonyl (C=O) groups is 1. The standard InChI is InChI=1S/C12H16O4/c1-3-8-15-12(13)9-16-11-7-5-4-6-10(11)14-2/h4-7H,3,8-9H2,1-2H3. The van der Waals surface area contributed by atoms with E-state index in [1.54, 1.807) is 19.2 Å². The van der Waals surface area contributed by atoms with Gasteiger partial charge in [-0.05, 0) is 18.6 Å². The molecule has 0 aromatic heterocycles. The van der Waals surface area contributed by atoms with Gasteiger partial charge in [-0.2, -0.15) is 0 Å². The molecule has 0 radical (unpaired) electrons.